The van der Waals surface area contributed by atoms with E-state index in [0.29, 0.717) is 10.9 Å². The van der Waals surface area contributed by atoms with E-state index in [2.05, 4.69) is 10.6 Å². The minimum absolute atomic E-state index is 0.380. The first-order valence-corrected chi connectivity index (χ1v) is 8.01. The average molecular weight is 353 g/mol. The van der Waals surface area contributed by atoms with Crippen LogP contribution in [0, 0.1) is 0 Å². The van der Waals surface area contributed by atoms with Gasteiger partial charge in [-0.05, 0) is 19.9 Å². The fourth-order valence-electron chi connectivity index (χ4n) is 1.95. The molecule has 1 aliphatic heterocycles. The third-order valence-corrected chi connectivity index (χ3v) is 4.65. The lowest BCUT2D eigenvalue weighted by atomic mass is 10.1. The molecule has 2 heterocycles. The highest BCUT2D eigenvalue weighted by Gasteiger charge is 2.38. The molecule has 2 rings (SSSR count). The van der Waals surface area contributed by atoms with Gasteiger partial charge >= 0.3 is 6.18 Å². The van der Waals surface area contributed by atoms with Gasteiger partial charge in [0, 0.05) is 12.6 Å². The van der Waals surface area contributed by atoms with Crippen LogP contribution in [-0.4, -0.2) is 23.8 Å². The predicted molar refractivity (Wildman–Crippen MR) is 73.5 cm³/mol. The van der Waals surface area contributed by atoms with Crippen LogP contribution in [0.25, 0.3) is 0 Å². The maximum atomic E-state index is 13.0. The van der Waals surface area contributed by atoms with Crippen LogP contribution >= 0.6 is 0 Å². The highest BCUT2D eigenvalue weighted by molar-refractivity contribution is 7.94. The van der Waals surface area contributed by atoms with E-state index < -0.39 is 44.1 Å². The van der Waals surface area contributed by atoms with Crippen molar-refractivity contribution in [2.75, 3.05) is 0 Å². The zero-order chi connectivity index (χ0) is 17.6. The van der Waals surface area contributed by atoms with E-state index in [1.54, 1.807) is 13.8 Å². The van der Waals surface area contributed by atoms with E-state index in [0.717, 1.165) is 7.05 Å². The number of nitrogens with one attached hydrogen (secondary N) is 1. The fraction of sp³-hybridized carbons (Fsp3) is 0.500. The lowest BCUT2D eigenvalue weighted by molar-refractivity contribution is -0.138. The minimum atomic E-state index is -4.89. The van der Waals surface area contributed by atoms with E-state index in [9.17, 15) is 26.4 Å². The van der Waals surface area contributed by atoms with Crippen molar-refractivity contribution in [2.24, 2.45) is 7.05 Å². The Labute approximate surface area is 129 Å². The van der Waals surface area contributed by atoms with E-state index >= 15 is 0 Å². The molecule has 0 aromatic carbocycles. The largest absolute Gasteiger partial charge is 0.418 e. The zero-order valence-electron chi connectivity index (χ0n) is 12.4. The lowest BCUT2D eigenvalue weighted by Gasteiger charge is -2.13. The molecule has 0 saturated carbocycles. The summed E-state index contributed by atoms with van der Waals surface area (Å²) < 4.78 is 64.2. The Morgan fingerprint density at radius 2 is 2.00 bits per heavy atom. The molecule has 1 aromatic heterocycles. The minimum Gasteiger partial charge on any atom is -0.267 e. The number of hydrogen-bond donors (Lipinski definition) is 1. The van der Waals surface area contributed by atoms with E-state index in [1.807, 2.05) is 0 Å². The molecule has 0 unspecified atom stereocenters. The van der Waals surface area contributed by atoms with Gasteiger partial charge in [0.15, 0.2) is 14.9 Å². The van der Waals surface area contributed by atoms with Crippen molar-refractivity contribution < 1.29 is 26.4 Å². The Balaban J connectivity index is 2.52. The Kier molecular flexibility index (Phi) is 4.06. The van der Waals surface area contributed by atoms with Gasteiger partial charge in [-0.3, -0.25) is 15.1 Å². The Morgan fingerprint density at radius 3 is 2.48 bits per heavy atom. The molecule has 1 N–H and O–H groups in total. The summed E-state index contributed by atoms with van der Waals surface area (Å²) in [5, 5.41) is 2.91. The molecular formula is C12H14F3N3O4S. The van der Waals surface area contributed by atoms with Crippen LogP contribution < -0.4 is 11.0 Å². The van der Waals surface area contributed by atoms with Gasteiger partial charge in [0.05, 0.1) is 17.5 Å². The van der Waals surface area contributed by atoms with Crippen LogP contribution in [0.4, 0.5) is 13.2 Å². The summed E-state index contributed by atoms with van der Waals surface area (Å²) in [6.07, 6.45) is -3.23. The molecule has 0 aliphatic carbocycles. The number of alkyl halides is 3. The molecule has 0 spiro atoms. The molecule has 0 fully saturated rings. The maximum absolute atomic E-state index is 13.0. The second kappa shape index (κ2) is 5.34. The molecule has 0 bridgehead atoms. The monoisotopic (exact) mass is 353 g/mol. The fourth-order valence-corrected chi connectivity index (χ4v) is 3.39. The molecule has 128 valence electrons. The van der Waals surface area contributed by atoms with Gasteiger partial charge in [0.2, 0.25) is 0 Å². The average Bonchev–Trinajstić information content (AvgIpc) is 2.74. The Morgan fingerprint density at radius 1 is 1.39 bits per heavy atom. The first-order chi connectivity index (χ1) is 10.3. The number of nitrogens with zero attached hydrogens (tertiary/aromatic N) is 2. The van der Waals surface area contributed by atoms with Crippen LogP contribution in [-0.2, 0) is 33.7 Å². The van der Waals surface area contributed by atoms with Crippen molar-refractivity contribution in [3.05, 3.63) is 38.8 Å². The van der Waals surface area contributed by atoms with Crippen molar-refractivity contribution in [1.29, 1.82) is 0 Å². The van der Waals surface area contributed by atoms with Crippen molar-refractivity contribution in [3.8, 4) is 0 Å². The summed E-state index contributed by atoms with van der Waals surface area (Å²) >= 11 is 0. The first kappa shape index (κ1) is 17.5. The number of aryl methyl sites for hydroxylation is 1. The van der Waals surface area contributed by atoms with Crippen LogP contribution in [0.5, 0.6) is 0 Å². The number of rotatable bonds is 3. The summed E-state index contributed by atoms with van der Waals surface area (Å²) in [6.45, 7) is 3.13. The smallest absolute Gasteiger partial charge is 0.267 e. The van der Waals surface area contributed by atoms with Crippen molar-refractivity contribution >= 4 is 9.84 Å². The van der Waals surface area contributed by atoms with Crippen LogP contribution in [0.2, 0.25) is 0 Å². The molecule has 0 saturated heterocycles. The number of aromatic nitrogens is 2. The molecule has 23 heavy (non-hydrogen) atoms. The van der Waals surface area contributed by atoms with Gasteiger partial charge in [-0.15, -0.1) is 0 Å². The van der Waals surface area contributed by atoms with Gasteiger partial charge in [-0.2, -0.15) is 18.3 Å². The quantitative estimate of drug-likeness (QED) is 0.867. The second-order valence-electron chi connectivity index (χ2n) is 5.54. The number of sulfone groups is 1. The van der Waals surface area contributed by atoms with Gasteiger partial charge in [0.25, 0.3) is 5.56 Å². The third-order valence-electron chi connectivity index (χ3n) is 3.11. The van der Waals surface area contributed by atoms with Gasteiger partial charge < -0.3 is 0 Å². The normalized spacial score (nSPS) is 17.7. The van der Waals surface area contributed by atoms with Crippen molar-refractivity contribution in [3.63, 3.8) is 0 Å². The summed E-state index contributed by atoms with van der Waals surface area (Å²) in [5.41, 5.74) is -2.15. The molecule has 1 aromatic rings. The maximum Gasteiger partial charge on any atom is 0.418 e. The summed E-state index contributed by atoms with van der Waals surface area (Å²) in [7, 11) is -3.09. The Hall–Kier alpha value is -1.88. The highest BCUT2D eigenvalue weighted by Crippen LogP contribution is 2.32. The zero-order valence-corrected chi connectivity index (χ0v) is 13.2. The predicted octanol–water partition coefficient (Wildman–Crippen LogP) is 0.869. The summed E-state index contributed by atoms with van der Waals surface area (Å²) in [5.74, 6) is -1.12. The number of hydrogen-bond acceptors (Lipinski definition) is 6. The molecule has 1 aliphatic rings. The van der Waals surface area contributed by atoms with E-state index in [4.69, 9.17) is 4.84 Å². The van der Waals surface area contributed by atoms with Crippen LogP contribution in [0.3, 0.4) is 0 Å². The van der Waals surface area contributed by atoms with Gasteiger partial charge in [-0.25, -0.2) is 13.1 Å². The van der Waals surface area contributed by atoms with Gasteiger partial charge in [-0.1, -0.05) is 0 Å². The second-order valence-corrected chi connectivity index (χ2v) is 7.50. The first-order valence-electron chi connectivity index (χ1n) is 6.35. The molecule has 7 nitrogen and oxygen atoms in total. The summed E-state index contributed by atoms with van der Waals surface area (Å²) in [4.78, 5) is 16.9. The lowest BCUT2D eigenvalue weighted by Crippen LogP contribution is -2.30. The molecule has 0 amide bonds. The summed E-state index contributed by atoms with van der Waals surface area (Å²) in [6, 6.07) is 0. The van der Waals surface area contributed by atoms with Gasteiger partial charge in [0.1, 0.15) is 5.60 Å². The molecule has 11 heteroatoms. The number of hydroxylamine groups is 1. The van der Waals surface area contributed by atoms with Crippen molar-refractivity contribution in [2.45, 2.75) is 31.4 Å². The SMILES string of the molecule is Cn1ncc(C(F)(F)F)c(CS(=O)(=O)C2=CC(C)(C)ON2)c1=O. The Bertz CT molecular complexity index is 825. The third kappa shape index (κ3) is 3.55. The number of halogens is 3. The van der Waals surface area contributed by atoms with Crippen molar-refractivity contribution in [1.82, 2.24) is 15.3 Å². The van der Waals surface area contributed by atoms with E-state index in [-0.39, 0.29) is 5.03 Å². The molecule has 0 radical (unpaired) electrons. The molecular weight excluding hydrogens is 339 g/mol. The standard InChI is InChI=1S/C12H14F3N3O4S/c1-11(2)4-9(17-22-11)23(20,21)6-7-8(12(13,14)15)5-16-18(3)10(7)19/h4-5,17H,6H2,1-3H3. The highest BCUT2D eigenvalue weighted by atomic mass is 32.2. The molecule has 0 atom stereocenters. The van der Waals surface area contributed by atoms with Crippen LogP contribution in [0.15, 0.2) is 22.1 Å². The van der Waals surface area contributed by atoms with Crippen LogP contribution in [0.1, 0.15) is 25.0 Å². The van der Waals surface area contributed by atoms with E-state index in [1.165, 1.54) is 6.08 Å². The topological polar surface area (TPSA) is 90.3 Å².